The topological polar surface area (TPSA) is 50.1 Å². The molecule has 0 bridgehead atoms. The van der Waals surface area contributed by atoms with Crippen molar-refractivity contribution in [3.63, 3.8) is 0 Å². The van der Waals surface area contributed by atoms with Gasteiger partial charge in [0.15, 0.2) is 0 Å². The Kier molecular flexibility index (Phi) is 4.01. The number of carbonyl (C=O) groups is 1. The van der Waals surface area contributed by atoms with Crippen molar-refractivity contribution in [2.24, 2.45) is 0 Å². The van der Waals surface area contributed by atoms with Crippen LogP contribution >= 0.6 is 24.2 Å². The molecule has 5 heteroatoms. The largest absolute Gasteiger partial charge is 0.469 e. The molecule has 0 atom stereocenters. The zero-order valence-electron chi connectivity index (χ0n) is 7.95. The number of halogens is 1. The van der Waals surface area contributed by atoms with Crippen molar-refractivity contribution in [1.29, 1.82) is 5.26 Å². The lowest BCUT2D eigenvalue weighted by atomic mass is 10.1. The SMILES string of the molecule is COC(=O)Cc1ccc(Cl)c(S)c1C#N. The van der Waals surface area contributed by atoms with Crippen LogP contribution in [-0.2, 0) is 16.0 Å². The summed E-state index contributed by atoms with van der Waals surface area (Å²) < 4.78 is 4.52. The molecule has 0 aliphatic carbocycles. The van der Waals surface area contributed by atoms with E-state index in [0.717, 1.165) is 0 Å². The van der Waals surface area contributed by atoms with Gasteiger partial charge in [0.05, 0.1) is 24.1 Å². The first-order chi connectivity index (χ1) is 7.10. The summed E-state index contributed by atoms with van der Waals surface area (Å²) in [5, 5.41) is 9.29. The van der Waals surface area contributed by atoms with Gasteiger partial charge in [-0.2, -0.15) is 5.26 Å². The molecule has 0 heterocycles. The lowest BCUT2D eigenvalue weighted by Crippen LogP contribution is -2.06. The van der Waals surface area contributed by atoms with E-state index in [1.807, 2.05) is 6.07 Å². The first-order valence-electron chi connectivity index (χ1n) is 4.07. The van der Waals surface area contributed by atoms with E-state index in [-0.39, 0.29) is 6.42 Å². The molecule has 3 nitrogen and oxygen atoms in total. The van der Waals surface area contributed by atoms with Crippen LogP contribution in [0.25, 0.3) is 0 Å². The molecule has 0 saturated carbocycles. The molecule has 0 saturated heterocycles. The van der Waals surface area contributed by atoms with Crippen molar-refractivity contribution >= 4 is 30.2 Å². The smallest absolute Gasteiger partial charge is 0.310 e. The zero-order valence-corrected chi connectivity index (χ0v) is 9.60. The Labute approximate surface area is 98.0 Å². The fourth-order valence-corrected chi connectivity index (χ4v) is 1.53. The molecule has 1 aromatic rings. The second kappa shape index (κ2) is 5.06. The van der Waals surface area contributed by atoms with E-state index in [4.69, 9.17) is 16.9 Å². The molecule has 15 heavy (non-hydrogen) atoms. The second-order valence-electron chi connectivity index (χ2n) is 2.79. The predicted molar refractivity (Wildman–Crippen MR) is 59.1 cm³/mol. The molecule has 0 aliphatic heterocycles. The summed E-state index contributed by atoms with van der Waals surface area (Å²) >= 11 is 9.90. The van der Waals surface area contributed by atoms with Crippen LogP contribution in [0.5, 0.6) is 0 Å². The Balaban J connectivity index is 3.15. The lowest BCUT2D eigenvalue weighted by Gasteiger charge is -2.06. The van der Waals surface area contributed by atoms with Gasteiger partial charge < -0.3 is 4.74 Å². The minimum atomic E-state index is -0.401. The molecule has 0 radical (unpaired) electrons. The summed E-state index contributed by atoms with van der Waals surface area (Å²) in [6.07, 6.45) is 0.0458. The van der Waals surface area contributed by atoms with Gasteiger partial charge in [0.25, 0.3) is 0 Å². The van der Waals surface area contributed by atoms with E-state index < -0.39 is 5.97 Å². The Morgan fingerprint density at radius 1 is 1.67 bits per heavy atom. The molecule has 0 amide bonds. The molecule has 1 aromatic carbocycles. The highest BCUT2D eigenvalue weighted by atomic mass is 35.5. The standard InChI is InChI=1S/C10H8ClNO2S/c1-14-9(13)4-6-2-3-8(11)10(15)7(6)5-12/h2-3,15H,4H2,1H3. The number of nitrogens with zero attached hydrogens (tertiary/aromatic N) is 1. The number of hydrogen-bond acceptors (Lipinski definition) is 4. The number of ether oxygens (including phenoxy) is 1. The summed E-state index contributed by atoms with van der Waals surface area (Å²) in [4.78, 5) is 11.4. The molecule has 0 fully saturated rings. The highest BCUT2D eigenvalue weighted by Crippen LogP contribution is 2.26. The van der Waals surface area contributed by atoms with Gasteiger partial charge in [0.1, 0.15) is 6.07 Å². The average molecular weight is 242 g/mol. The maximum atomic E-state index is 11.1. The normalized spacial score (nSPS) is 9.47. The quantitative estimate of drug-likeness (QED) is 0.638. The van der Waals surface area contributed by atoms with E-state index in [1.54, 1.807) is 12.1 Å². The zero-order chi connectivity index (χ0) is 11.4. The van der Waals surface area contributed by atoms with Gasteiger partial charge in [-0.05, 0) is 11.6 Å². The average Bonchev–Trinajstić information content (AvgIpc) is 2.24. The Morgan fingerprint density at radius 2 is 2.33 bits per heavy atom. The third kappa shape index (κ3) is 2.65. The summed E-state index contributed by atoms with van der Waals surface area (Å²) in [5.74, 6) is -0.401. The van der Waals surface area contributed by atoms with Crippen molar-refractivity contribution in [2.75, 3.05) is 7.11 Å². The number of hydrogen-bond donors (Lipinski definition) is 1. The van der Waals surface area contributed by atoms with Gasteiger partial charge in [-0.1, -0.05) is 17.7 Å². The first kappa shape index (κ1) is 11.9. The molecule has 0 aliphatic rings. The van der Waals surface area contributed by atoms with Crippen molar-refractivity contribution in [1.82, 2.24) is 0 Å². The van der Waals surface area contributed by atoms with E-state index in [2.05, 4.69) is 17.4 Å². The number of benzene rings is 1. The molecule has 78 valence electrons. The Bertz CT molecular complexity index is 440. The number of rotatable bonds is 2. The van der Waals surface area contributed by atoms with Crippen LogP contribution < -0.4 is 0 Å². The minimum Gasteiger partial charge on any atom is -0.469 e. The molecule has 0 spiro atoms. The number of methoxy groups -OCH3 is 1. The molecule has 0 N–H and O–H groups in total. The monoisotopic (exact) mass is 241 g/mol. The molecule has 0 aromatic heterocycles. The summed E-state index contributed by atoms with van der Waals surface area (Å²) in [7, 11) is 1.30. The van der Waals surface area contributed by atoms with Crippen LogP contribution in [-0.4, -0.2) is 13.1 Å². The van der Waals surface area contributed by atoms with E-state index >= 15 is 0 Å². The maximum absolute atomic E-state index is 11.1. The van der Waals surface area contributed by atoms with Crippen molar-refractivity contribution in [3.8, 4) is 6.07 Å². The third-order valence-electron chi connectivity index (χ3n) is 1.89. The third-order valence-corrected chi connectivity index (χ3v) is 2.80. The fraction of sp³-hybridized carbons (Fsp3) is 0.200. The molecule has 1 rings (SSSR count). The number of thiol groups is 1. The van der Waals surface area contributed by atoms with Crippen molar-refractivity contribution in [2.45, 2.75) is 11.3 Å². The predicted octanol–water partition coefficient (Wildman–Crippen LogP) is 2.22. The number of nitriles is 1. The van der Waals surface area contributed by atoms with Crippen LogP contribution in [0, 0.1) is 11.3 Å². The number of carbonyl (C=O) groups excluding carboxylic acids is 1. The Morgan fingerprint density at radius 3 is 2.87 bits per heavy atom. The summed E-state index contributed by atoms with van der Waals surface area (Å²) in [6.45, 7) is 0. The van der Waals surface area contributed by atoms with Crippen LogP contribution in [0.15, 0.2) is 17.0 Å². The fourth-order valence-electron chi connectivity index (χ4n) is 1.11. The number of esters is 1. The van der Waals surface area contributed by atoms with Crippen molar-refractivity contribution in [3.05, 3.63) is 28.3 Å². The molecular weight excluding hydrogens is 234 g/mol. The highest BCUT2D eigenvalue weighted by molar-refractivity contribution is 7.80. The van der Waals surface area contributed by atoms with E-state index in [1.165, 1.54) is 7.11 Å². The van der Waals surface area contributed by atoms with Gasteiger partial charge in [-0.25, -0.2) is 0 Å². The second-order valence-corrected chi connectivity index (χ2v) is 3.65. The molecular formula is C10H8ClNO2S. The lowest BCUT2D eigenvalue weighted by molar-refractivity contribution is -0.139. The van der Waals surface area contributed by atoms with Crippen LogP contribution in [0.4, 0.5) is 0 Å². The summed E-state index contributed by atoms with van der Waals surface area (Å²) in [5.41, 5.74) is 0.884. The van der Waals surface area contributed by atoms with Crippen LogP contribution in [0.3, 0.4) is 0 Å². The van der Waals surface area contributed by atoms with Gasteiger partial charge >= 0.3 is 5.97 Å². The maximum Gasteiger partial charge on any atom is 0.310 e. The molecule has 0 unspecified atom stereocenters. The minimum absolute atomic E-state index is 0.0458. The van der Waals surface area contributed by atoms with Gasteiger partial charge in [-0.3, -0.25) is 4.79 Å². The van der Waals surface area contributed by atoms with Crippen molar-refractivity contribution < 1.29 is 9.53 Å². The van der Waals surface area contributed by atoms with Crippen LogP contribution in [0.1, 0.15) is 11.1 Å². The van der Waals surface area contributed by atoms with Gasteiger partial charge in [0, 0.05) is 4.90 Å². The summed E-state index contributed by atoms with van der Waals surface area (Å²) in [6, 6.07) is 5.19. The first-order valence-corrected chi connectivity index (χ1v) is 4.90. The van der Waals surface area contributed by atoms with Gasteiger partial charge in [-0.15, -0.1) is 12.6 Å². The Hall–Kier alpha value is -1.18. The van der Waals surface area contributed by atoms with E-state index in [9.17, 15) is 4.79 Å². The highest BCUT2D eigenvalue weighted by Gasteiger charge is 2.12. The van der Waals surface area contributed by atoms with E-state index in [0.29, 0.717) is 21.0 Å². The van der Waals surface area contributed by atoms with Crippen LogP contribution in [0.2, 0.25) is 5.02 Å². The van der Waals surface area contributed by atoms with Gasteiger partial charge in [0.2, 0.25) is 0 Å².